The first kappa shape index (κ1) is 11.7. The Bertz CT molecular complexity index is 536. The van der Waals surface area contributed by atoms with Gasteiger partial charge in [-0.2, -0.15) is 0 Å². The third-order valence-electron chi connectivity index (χ3n) is 2.90. The summed E-state index contributed by atoms with van der Waals surface area (Å²) in [5.74, 6) is 0.102. The van der Waals surface area contributed by atoms with Gasteiger partial charge in [0.15, 0.2) is 5.78 Å². The van der Waals surface area contributed by atoms with Gasteiger partial charge in [-0.15, -0.1) is 0 Å². The van der Waals surface area contributed by atoms with Crippen molar-refractivity contribution in [3.05, 3.63) is 42.1 Å². The quantitative estimate of drug-likeness (QED) is 0.818. The Morgan fingerprint density at radius 1 is 1.41 bits per heavy atom. The van der Waals surface area contributed by atoms with Gasteiger partial charge < -0.3 is 5.73 Å². The highest BCUT2D eigenvalue weighted by Crippen LogP contribution is 2.15. The summed E-state index contributed by atoms with van der Waals surface area (Å²) < 4.78 is 0. The van der Waals surface area contributed by atoms with Gasteiger partial charge in [0.1, 0.15) is 0 Å². The first-order valence-electron chi connectivity index (χ1n) is 5.84. The largest absolute Gasteiger partial charge is 0.327 e. The first-order valence-corrected chi connectivity index (χ1v) is 5.84. The fourth-order valence-corrected chi connectivity index (χ4v) is 1.75. The fourth-order valence-electron chi connectivity index (χ4n) is 1.75. The van der Waals surface area contributed by atoms with Gasteiger partial charge in [0.05, 0.1) is 5.52 Å². The number of rotatable bonds is 4. The Morgan fingerprint density at radius 2 is 2.24 bits per heavy atom. The van der Waals surface area contributed by atoms with Crippen LogP contribution in [0.25, 0.3) is 10.9 Å². The topological polar surface area (TPSA) is 56.0 Å². The van der Waals surface area contributed by atoms with Crippen molar-refractivity contribution in [3.63, 3.8) is 0 Å². The molecule has 0 amide bonds. The fraction of sp³-hybridized carbons (Fsp3) is 0.286. The van der Waals surface area contributed by atoms with E-state index in [0.717, 1.165) is 22.9 Å². The first-order chi connectivity index (χ1) is 8.20. The third-order valence-corrected chi connectivity index (χ3v) is 2.90. The highest BCUT2D eigenvalue weighted by atomic mass is 16.1. The summed E-state index contributed by atoms with van der Waals surface area (Å²) in [6.07, 6.45) is 2.97. The lowest BCUT2D eigenvalue weighted by atomic mass is 10.0. The van der Waals surface area contributed by atoms with E-state index in [1.54, 1.807) is 6.20 Å². The summed E-state index contributed by atoms with van der Waals surface area (Å²) in [4.78, 5) is 16.2. The number of nitrogens with zero attached hydrogens (tertiary/aromatic N) is 1. The van der Waals surface area contributed by atoms with Crippen LogP contribution in [-0.4, -0.2) is 16.8 Å². The second-order valence-electron chi connectivity index (χ2n) is 4.21. The molecule has 0 saturated carbocycles. The van der Waals surface area contributed by atoms with Gasteiger partial charge in [0, 0.05) is 29.6 Å². The van der Waals surface area contributed by atoms with Crippen LogP contribution in [0.5, 0.6) is 0 Å². The molecular formula is C14H16N2O. The van der Waals surface area contributed by atoms with Gasteiger partial charge >= 0.3 is 0 Å². The number of Topliss-reactive ketones (excluding diaryl/α,β-unsaturated/α-hetero) is 1. The Labute approximate surface area is 101 Å². The lowest BCUT2D eigenvalue weighted by Crippen LogP contribution is -2.22. The number of carbonyl (C=O) groups is 1. The molecule has 0 aliphatic heterocycles. The number of hydrogen-bond acceptors (Lipinski definition) is 3. The zero-order chi connectivity index (χ0) is 12.3. The number of fused-ring (bicyclic) bond motifs is 1. The molecule has 3 nitrogen and oxygen atoms in total. The van der Waals surface area contributed by atoms with Crippen molar-refractivity contribution in [1.82, 2.24) is 4.98 Å². The summed E-state index contributed by atoms with van der Waals surface area (Å²) in [7, 11) is 0. The minimum absolute atomic E-state index is 0.0490. The normalized spacial score (nSPS) is 12.6. The highest BCUT2D eigenvalue weighted by Gasteiger charge is 2.10. The molecule has 1 unspecified atom stereocenters. The van der Waals surface area contributed by atoms with Crippen molar-refractivity contribution in [2.45, 2.75) is 25.8 Å². The SMILES string of the molecule is CCC(N)CC(=O)c1ccc2ncccc2c1. The summed E-state index contributed by atoms with van der Waals surface area (Å²) in [5, 5.41) is 0.989. The Balaban J connectivity index is 2.27. The summed E-state index contributed by atoms with van der Waals surface area (Å²) >= 11 is 0. The third kappa shape index (κ3) is 2.68. The summed E-state index contributed by atoms with van der Waals surface area (Å²) in [6, 6.07) is 9.35. The molecule has 1 atom stereocenters. The molecule has 0 bridgehead atoms. The minimum atomic E-state index is -0.0490. The van der Waals surface area contributed by atoms with Crippen molar-refractivity contribution < 1.29 is 4.79 Å². The van der Waals surface area contributed by atoms with Gasteiger partial charge in [-0.3, -0.25) is 9.78 Å². The average molecular weight is 228 g/mol. The van der Waals surface area contributed by atoms with Gasteiger partial charge in [0.2, 0.25) is 0 Å². The van der Waals surface area contributed by atoms with Crippen LogP contribution in [0.1, 0.15) is 30.1 Å². The van der Waals surface area contributed by atoms with E-state index in [0.29, 0.717) is 6.42 Å². The number of hydrogen-bond donors (Lipinski definition) is 1. The molecule has 0 radical (unpaired) electrons. The zero-order valence-corrected chi connectivity index (χ0v) is 9.89. The van der Waals surface area contributed by atoms with Crippen LogP contribution in [0.4, 0.5) is 0 Å². The van der Waals surface area contributed by atoms with E-state index in [9.17, 15) is 4.79 Å². The van der Waals surface area contributed by atoms with E-state index in [-0.39, 0.29) is 11.8 Å². The van der Waals surface area contributed by atoms with Crippen molar-refractivity contribution in [2.24, 2.45) is 5.73 Å². The molecule has 88 valence electrons. The Morgan fingerprint density at radius 3 is 3.00 bits per heavy atom. The maximum atomic E-state index is 12.0. The number of nitrogens with two attached hydrogens (primary N) is 1. The Hall–Kier alpha value is -1.74. The van der Waals surface area contributed by atoms with Crippen LogP contribution in [0.15, 0.2) is 36.5 Å². The molecule has 1 aromatic heterocycles. The number of ketones is 1. The van der Waals surface area contributed by atoms with Gasteiger partial charge in [-0.1, -0.05) is 13.0 Å². The van der Waals surface area contributed by atoms with Crippen LogP contribution in [0, 0.1) is 0 Å². The van der Waals surface area contributed by atoms with E-state index in [1.807, 2.05) is 37.3 Å². The molecule has 0 fully saturated rings. The van der Waals surface area contributed by atoms with Crippen molar-refractivity contribution in [3.8, 4) is 0 Å². The molecule has 0 spiro atoms. The van der Waals surface area contributed by atoms with Crippen LogP contribution in [0.2, 0.25) is 0 Å². The monoisotopic (exact) mass is 228 g/mol. The van der Waals surface area contributed by atoms with E-state index in [1.165, 1.54) is 0 Å². The number of carbonyl (C=O) groups excluding carboxylic acids is 1. The molecule has 2 aromatic rings. The Kier molecular flexibility index (Phi) is 3.49. The van der Waals surface area contributed by atoms with E-state index < -0.39 is 0 Å². The second-order valence-corrected chi connectivity index (χ2v) is 4.21. The van der Waals surface area contributed by atoms with Crippen molar-refractivity contribution >= 4 is 16.7 Å². The molecule has 0 aliphatic rings. The standard InChI is InChI=1S/C14H16N2O/c1-2-12(15)9-14(17)11-5-6-13-10(8-11)4-3-7-16-13/h3-8,12H,2,9,15H2,1H3. The lowest BCUT2D eigenvalue weighted by molar-refractivity contribution is 0.0974. The van der Waals surface area contributed by atoms with Crippen molar-refractivity contribution in [1.29, 1.82) is 0 Å². The zero-order valence-electron chi connectivity index (χ0n) is 9.89. The smallest absolute Gasteiger partial charge is 0.164 e. The molecule has 2 rings (SSSR count). The van der Waals surface area contributed by atoms with Gasteiger partial charge in [-0.05, 0) is 30.7 Å². The molecule has 2 N–H and O–H groups in total. The minimum Gasteiger partial charge on any atom is -0.327 e. The predicted octanol–water partition coefficient (Wildman–Crippen LogP) is 2.54. The van der Waals surface area contributed by atoms with Crippen LogP contribution < -0.4 is 5.73 Å². The van der Waals surface area contributed by atoms with E-state index in [2.05, 4.69) is 4.98 Å². The maximum absolute atomic E-state index is 12.0. The van der Waals surface area contributed by atoms with E-state index in [4.69, 9.17) is 5.73 Å². The number of aromatic nitrogens is 1. The maximum Gasteiger partial charge on any atom is 0.164 e. The summed E-state index contributed by atoms with van der Waals surface area (Å²) in [5.41, 5.74) is 7.41. The molecule has 1 aromatic carbocycles. The van der Waals surface area contributed by atoms with Crippen molar-refractivity contribution in [2.75, 3.05) is 0 Å². The van der Waals surface area contributed by atoms with E-state index >= 15 is 0 Å². The predicted molar refractivity (Wildman–Crippen MR) is 69.0 cm³/mol. The highest BCUT2D eigenvalue weighted by molar-refractivity contribution is 5.99. The molecule has 0 saturated heterocycles. The number of pyridine rings is 1. The second kappa shape index (κ2) is 5.06. The molecule has 17 heavy (non-hydrogen) atoms. The van der Waals surface area contributed by atoms with Crippen LogP contribution in [0.3, 0.4) is 0 Å². The molecule has 0 aliphatic carbocycles. The summed E-state index contributed by atoms with van der Waals surface area (Å²) in [6.45, 7) is 1.99. The molecule has 3 heteroatoms. The van der Waals surface area contributed by atoms with Gasteiger partial charge in [0.25, 0.3) is 0 Å². The van der Waals surface area contributed by atoms with Gasteiger partial charge in [-0.25, -0.2) is 0 Å². The molecule has 1 heterocycles. The lowest BCUT2D eigenvalue weighted by Gasteiger charge is -2.07. The average Bonchev–Trinajstić information content (AvgIpc) is 2.38. The number of benzene rings is 1. The van der Waals surface area contributed by atoms with Crippen LogP contribution in [-0.2, 0) is 0 Å². The van der Waals surface area contributed by atoms with Crippen LogP contribution >= 0.6 is 0 Å². The molecular weight excluding hydrogens is 212 g/mol.